The van der Waals surface area contributed by atoms with Crippen LogP contribution in [0.4, 0.5) is 17.1 Å². The molecule has 1 amide bonds. The fourth-order valence-corrected chi connectivity index (χ4v) is 2.60. The molecule has 27 heavy (non-hydrogen) atoms. The molecule has 1 aromatic heterocycles. The van der Waals surface area contributed by atoms with E-state index in [0.717, 1.165) is 11.4 Å². The fourth-order valence-electron chi connectivity index (χ4n) is 2.60. The second-order valence-corrected chi connectivity index (χ2v) is 6.54. The maximum absolute atomic E-state index is 12.5. The van der Waals surface area contributed by atoms with Gasteiger partial charge in [-0.3, -0.25) is 4.79 Å². The Balaban J connectivity index is 1.69. The lowest BCUT2D eigenvalue weighted by Gasteiger charge is -2.14. The number of anilines is 3. The van der Waals surface area contributed by atoms with Gasteiger partial charge in [-0.1, -0.05) is 24.3 Å². The van der Waals surface area contributed by atoms with E-state index in [9.17, 15) is 4.79 Å². The Bertz CT molecular complexity index is 921. The van der Waals surface area contributed by atoms with Crippen molar-refractivity contribution in [1.29, 1.82) is 0 Å². The molecule has 0 saturated carbocycles. The van der Waals surface area contributed by atoms with Gasteiger partial charge in [0.2, 0.25) is 0 Å². The number of nitrogens with zero attached hydrogens (tertiary/aromatic N) is 1. The molecule has 3 rings (SSSR count). The van der Waals surface area contributed by atoms with Crippen LogP contribution in [0.15, 0.2) is 66.9 Å². The Morgan fingerprint density at radius 3 is 2.52 bits per heavy atom. The first-order valence-corrected chi connectivity index (χ1v) is 8.88. The molecule has 0 fully saturated rings. The molecule has 2 aromatic carbocycles. The Kier molecular flexibility index (Phi) is 5.71. The van der Waals surface area contributed by atoms with Crippen LogP contribution in [0.1, 0.15) is 29.9 Å². The van der Waals surface area contributed by atoms with Crippen molar-refractivity contribution in [2.75, 3.05) is 10.6 Å². The summed E-state index contributed by atoms with van der Waals surface area (Å²) in [5.74, 6) is 0.357. The summed E-state index contributed by atoms with van der Waals surface area (Å²) in [4.78, 5) is 16.8. The van der Waals surface area contributed by atoms with Gasteiger partial charge in [0.15, 0.2) is 0 Å². The van der Waals surface area contributed by atoms with Gasteiger partial charge in [0.25, 0.3) is 5.91 Å². The third-order valence-electron chi connectivity index (χ3n) is 3.80. The summed E-state index contributed by atoms with van der Waals surface area (Å²) in [6.07, 6.45) is 1.67. The topological polar surface area (TPSA) is 63.2 Å². The van der Waals surface area contributed by atoms with Gasteiger partial charge in [0, 0.05) is 5.69 Å². The zero-order valence-corrected chi connectivity index (χ0v) is 15.7. The van der Waals surface area contributed by atoms with Crippen LogP contribution in [-0.2, 0) is 0 Å². The maximum Gasteiger partial charge on any atom is 0.274 e. The van der Waals surface area contributed by atoms with Crippen molar-refractivity contribution in [3.05, 3.63) is 78.1 Å². The molecular weight excluding hydrogens is 338 g/mol. The molecule has 0 bridgehead atoms. The van der Waals surface area contributed by atoms with Crippen LogP contribution < -0.4 is 15.4 Å². The van der Waals surface area contributed by atoms with Gasteiger partial charge < -0.3 is 15.4 Å². The second-order valence-electron chi connectivity index (χ2n) is 6.54. The van der Waals surface area contributed by atoms with Gasteiger partial charge >= 0.3 is 0 Å². The SMILES string of the molecule is Cc1cccc(Nc2ccc(C(=O)Nc3ccccc3OC(C)C)nc2)c1. The number of ether oxygens (including phenoxy) is 1. The number of carbonyl (C=O) groups excluding carboxylic acids is 1. The average molecular weight is 361 g/mol. The molecular formula is C22H23N3O2. The highest BCUT2D eigenvalue weighted by Crippen LogP contribution is 2.25. The molecule has 2 N–H and O–H groups in total. The van der Waals surface area contributed by atoms with Crippen LogP contribution in [-0.4, -0.2) is 17.0 Å². The van der Waals surface area contributed by atoms with E-state index >= 15 is 0 Å². The smallest absolute Gasteiger partial charge is 0.274 e. The summed E-state index contributed by atoms with van der Waals surface area (Å²) >= 11 is 0. The van der Waals surface area contributed by atoms with E-state index in [4.69, 9.17) is 4.74 Å². The quantitative estimate of drug-likeness (QED) is 0.635. The summed E-state index contributed by atoms with van der Waals surface area (Å²) in [7, 11) is 0. The second kappa shape index (κ2) is 8.36. The molecule has 138 valence electrons. The Hall–Kier alpha value is -3.34. The number of aryl methyl sites for hydroxylation is 1. The summed E-state index contributed by atoms with van der Waals surface area (Å²) in [6, 6.07) is 19.0. The molecule has 0 radical (unpaired) electrons. The van der Waals surface area contributed by atoms with Gasteiger partial charge in [-0.2, -0.15) is 0 Å². The summed E-state index contributed by atoms with van der Waals surface area (Å²) < 4.78 is 5.73. The summed E-state index contributed by atoms with van der Waals surface area (Å²) in [5, 5.41) is 6.14. The van der Waals surface area contributed by atoms with Crippen LogP contribution in [0, 0.1) is 6.92 Å². The van der Waals surface area contributed by atoms with E-state index < -0.39 is 0 Å². The highest BCUT2D eigenvalue weighted by Gasteiger charge is 2.12. The maximum atomic E-state index is 12.5. The largest absolute Gasteiger partial charge is 0.489 e. The molecule has 0 saturated heterocycles. The number of carbonyl (C=O) groups is 1. The summed E-state index contributed by atoms with van der Waals surface area (Å²) in [5.41, 5.74) is 3.93. The monoisotopic (exact) mass is 361 g/mol. The van der Waals surface area contributed by atoms with Crippen LogP contribution in [0.5, 0.6) is 5.75 Å². The van der Waals surface area contributed by atoms with Crippen LogP contribution in [0.3, 0.4) is 0 Å². The van der Waals surface area contributed by atoms with Crippen molar-refractivity contribution in [2.24, 2.45) is 0 Å². The van der Waals surface area contributed by atoms with Gasteiger partial charge in [0.05, 0.1) is 23.7 Å². The van der Waals surface area contributed by atoms with E-state index in [2.05, 4.69) is 15.6 Å². The molecule has 0 atom stereocenters. The van der Waals surface area contributed by atoms with Gasteiger partial charge in [-0.25, -0.2) is 4.98 Å². The van der Waals surface area contributed by atoms with Crippen molar-refractivity contribution in [3.63, 3.8) is 0 Å². The number of benzene rings is 2. The number of nitrogens with one attached hydrogen (secondary N) is 2. The number of para-hydroxylation sites is 2. The molecule has 1 heterocycles. The van der Waals surface area contributed by atoms with Crippen LogP contribution in [0.25, 0.3) is 0 Å². The van der Waals surface area contributed by atoms with Crippen LogP contribution >= 0.6 is 0 Å². The zero-order chi connectivity index (χ0) is 19.2. The van der Waals surface area contributed by atoms with E-state index in [0.29, 0.717) is 17.1 Å². The number of amides is 1. The predicted octanol–water partition coefficient (Wildman–Crippen LogP) is 5.17. The van der Waals surface area contributed by atoms with Crippen molar-refractivity contribution >= 4 is 23.0 Å². The van der Waals surface area contributed by atoms with E-state index in [-0.39, 0.29) is 12.0 Å². The highest BCUT2D eigenvalue weighted by molar-refractivity contribution is 6.03. The van der Waals surface area contributed by atoms with Crippen LogP contribution in [0.2, 0.25) is 0 Å². The first-order valence-electron chi connectivity index (χ1n) is 8.88. The molecule has 0 unspecified atom stereocenters. The number of rotatable bonds is 6. The molecule has 5 nitrogen and oxygen atoms in total. The molecule has 0 aliphatic rings. The standard InChI is InChI=1S/C22H23N3O2/c1-15(2)27-21-10-5-4-9-19(21)25-22(26)20-12-11-18(14-23-20)24-17-8-6-7-16(3)13-17/h4-15,24H,1-3H3,(H,25,26). The summed E-state index contributed by atoms with van der Waals surface area (Å²) in [6.45, 7) is 5.93. The fraction of sp³-hybridized carbons (Fsp3) is 0.182. The predicted molar refractivity (Wildman–Crippen MR) is 109 cm³/mol. The molecule has 5 heteroatoms. The molecule has 3 aromatic rings. The third kappa shape index (κ3) is 5.07. The Morgan fingerprint density at radius 1 is 1.00 bits per heavy atom. The lowest BCUT2D eigenvalue weighted by Crippen LogP contribution is -2.15. The van der Waals surface area contributed by atoms with Gasteiger partial charge in [0.1, 0.15) is 11.4 Å². The minimum absolute atomic E-state index is 0.0214. The third-order valence-corrected chi connectivity index (χ3v) is 3.80. The number of pyridine rings is 1. The molecule has 0 aliphatic heterocycles. The van der Waals surface area contributed by atoms with E-state index in [1.165, 1.54) is 5.56 Å². The average Bonchev–Trinajstić information content (AvgIpc) is 2.63. The van der Waals surface area contributed by atoms with Crippen molar-refractivity contribution in [2.45, 2.75) is 26.9 Å². The van der Waals surface area contributed by atoms with E-state index in [1.54, 1.807) is 12.3 Å². The normalized spacial score (nSPS) is 10.5. The highest BCUT2D eigenvalue weighted by atomic mass is 16.5. The number of hydrogen-bond acceptors (Lipinski definition) is 4. The molecule has 0 spiro atoms. The van der Waals surface area contributed by atoms with Gasteiger partial charge in [-0.15, -0.1) is 0 Å². The number of hydrogen-bond donors (Lipinski definition) is 2. The minimum Gasteiger partial charge on any atom is -0.489 e. The number of aromatic nitrogens is 1. The Morgan fingerprint density at radius 2 is 1.81 bits per heavy atom. The Labute approximate surface area is 159 Å². The lowest BCUT2D eigenvalue weighted by atomic mass is 10.2. The minimum atomic E-state index is -0.281. The first-order chi connectivity index (χ1) is 13.0. The zero-order valence-electron chi connectivity index (χ0n) is 15.7. The lowest BCUT2D eigenvalue weighted by molar-refractivity contribution is 0.102. The van der Waals surface area contributed by atoms with Gasteiger partial charge in [-0.05, 0) is 62.7 Å². The van der Waals surface area contributed by atoms with Crippen molar-refractivity contribution in [1.82, 2.24) is 4.98 Å². The van der Waals surface area contributed by atoms with Crippen molar-refractivity contribution in [3.8, 4) is 5.75 Å². The van der Waals surface area contributed by atoms with E-state index in [1.807, 2.05) is 75.4 Å². The first kappa shape index (κ1) is 18.5. The van der Waals surface area contributed by atoms with Crippen molar-refractivity contribution < 1.29 is 9.53 Å². The molecule has 0 aliphatic carbocycles.